The molecule has 1 heterocycles. The molecule has 23 heavy (non-hydrogen) atoms. The Hall–Kier alpha value is -2.89. The van der Waals surface area contributed by atoms with Gasteiger partial charge in [-0.25, -0.2) is 4.79 Å². The van der Waals surface area contributed by atoms with Gasteiger partial charge in [0.2, 0.25) is 0 Å². The second kappa shape index (κ2) is 8.53. The summed E-state index contributed by atoms with van der Waals surface area (Å²) in [6.45, 7) is 3.07. The number of anilines is 1. The first-order valence-electron chi connectivity index (χ1n) is 7.51. The van der Waals surface area contributed by atoms with Crippen LogP contribution in [0.5, 0.6) is 0 Å². The van der Waals surface area contributed by atoms with Gasteiger partial charge in [0.15, 0.2) is 0 Å². The van der Waals surface area contributed by atoms with Crippen LogP contribution in [0.3, 0.4) is 0 Å². The fourth-order valence-corrected chi connectivity index (χ4v) is 1.90. The number of nitrogens with zero attached hydrogens (tertiary/aromatic N) is 1. The molecular weight excluding hydrogens is 292 g/mol. The van der Waals surface area contributed by atoms with Crippen LogP contribution in [-0.2, 0) is 6.54 Å². The molecule has 0 aliphatic heterocycles. The van der Waals surface area contributed by atoms with Crippen molar-refractivity contribution < 1.29 is 9.59 Å². The van der Waals surface area contributed by atoms with Crippen LogP contribution in [0.4, 0.5) is 10.5 Å². The molecule has 0 spiro atoms. The lowest BCUT2D eigenvalue weighted by Gasteiger charge is -2.08. The van der Waals surface area contributed by atoms with Crippen molar-refractivity contribution >= 4 is 17.6 Å². The van der Waals surface area contributed by atoms with Crippen LogP contribution in [0.15, 0.2) is 48.8 Å². The summed E-state index contributed by atoms with van der Waals surface area (Å²) in [4.78, 5) is 27.5. The van der Waals surface area contributed by atoms with E-state index < -0.39 is 0 Å². The van der Waals surface area contributed by atoms with Gasteiger partial charge in [0.05, 0.1) is 0 Å². The van der Waals surface area contributed by atoms with Gasteiger partial charge in [-0.15, -0.1) is 0 Å². The van der Waals surface area contributed by atoms with E-state index in [-0.39, 0.29) is 11.9 Å². The molecule has 0 saturated heterocycles. The molecule has 0 fully saturated rings. The molecule has 2 rings (SSSR count). The molecule has 1 aromatic heterocycles. The van der Waals surface area contributed by atoms with Crippen LogP contribution in [0, 0.1) is 0 Å². The average Bonchev–Trinajstić information content (AvgIpc) is 2.59. The Balaban J connectivity index is 1.83. The molecule has 0 atom stereocenters. The Morgan fingerprint density at radius 3 is 2.35 bits per heavy atom. The zero-order valence-corrected chi connectivity index (χ0v) is 13.0. The Kier molecular flexibility index (Phi) is 6.11. The minimum atomic E-state index is -0.301. The van der Waals surface area contributed by atoms with Crippen LogP contribution in [0.2, 0.25) is 0 Å². The quantitative estimate of drug-likeness (QED) is 0.766. The highest BCUT2D eigenvalue weighted by atomic mass is 16.2. The van der Waals surface area contributed by atoms with Gasteiger partial charge in [-0.1, -0.05) is 6.92 Å². The predicted octanol–water partition coefficient (Wildman–Crippen LogP) is 2.54. The predicted molar refractivity (Wildman–Crippen MR) is 89.2 cm³/mol. The number of carbonyl (C=O) groups excluding carboxylic acids is 2. The second-order valence-electron chi connectivity index (χ2n) is 5.00. The summed E-state index contributed by atoms with van der Waals surface area (Å²) < 4.78 is 0. The van der Waals surface area contributed by atoms with E-state index in [1.54, 1.807) is 36.7 Å². The summed E-state index contributed by atoms with van der Waals surface area (Å²) in [5.74, 6) is -0.111. The highest BCUT2D eigenvalue weighted by Crippen LogP contribution is 2.09. The van der Waals surface area contributed by atoms with Gasteiger partial charge in [-0.05, 0) is 48.4 Å². The molecule has 6 nitrogen and oxygen atoms in total. The van der Waals surface area contributed by atoms with E-state index in [4.69, 9.17) is 0 Å². The lowest BCUT2D eigenvalue weighted by atomic mass is 10.2. The average molecular weight is 312 g/mol. The van der Waals surface area contributed by atoms with Crippen molar-refractivity contribution in [3.05, 3.63) is 59.9 Å². The van der Waals surface area contributed by atoms with Crippen molar-refractivity contribution in [2.45, 2.75) is 19.9 Å². The molecule has 6 heteroatoms. The molecule has 0 aliphatic carbocycles. The fraction of sp³-hybridized carbons (Fsp3) is 0.235. The van der Waals surface area contributed by atoms with E-state index in [0.717, 1.165) is 12.0 Å². The Morgan fingerprint density at radius 1 is 1.00 bits per heavy atom. The third-order valence-electron chi connectivity index (χ3n) is 3.14. The molecule has 0 bridgehead atoms. The number of aromatic nitrogens is 1. The van der Waals surface area contributed by atoms with Crippen molar-refractivity contribution in [2.24, 2.45) is 0 Å². The standard InChI is InChI=1S/C17H20N4O2/c1-2-9-19-16(22)14-3-5-15(6-4-14)21-17(23)20-12-13-7-10-18-11-8-13/h3-8,10-11H,2,9,12H2,1H3,(H,19,22)(H2,20,21,23). The molecule has 0 radical (unpaired) electrons. The van der Waals surface area contributed by atoms with Gasteiger partial charge < -0.3 is 16.0 Å². The third kappa shape index (κ3) is 5.43. The van der Waals surface area contributed by atoms with Crippen LogP contribution in [0.1, 0.15) is 29.3 Å². The number of hydrogen-bond acceptors (Lipinski definition) is 3. The van der Waals surface area contributed by atoms with Crippen LogP contribution < -0.4 is 16.0 Å². The van der Waals surface area contributed by atoms with Crippen LogP contribution >= 0.6 is 0 Å². The van der Waals surface area contributed by atoms with Crippen LogP contribution in [0.25, 0.3) is 0 Å². The normalized spacial score (nSPS) is 9.96. The molecule has 2 aromatic rings. The first-order valence-corrected chi connectivity index (χ1v) is 7.51. The van der Waals surface area contributed by atoms with E-state index in [1.165, 1.54) is 0 Å². The lowest BCUT2D eigenvalue weighted by Crippen LogP contribution is -2.28. The number of rotatable bonds is 6. The lowest BCUT2D eigenvalue weighted by molar-refractivity contribution is 0.0953. The summed E-state index contributed by atoms with van der Waals surface area (Å²) in [7, 11) is 0. The maximum Gasteiger partial charge on any atom is 0.319 e. The summed E-state index contributed by atoms with van der Waals surface area (Å²) >= 11 is 0. The first kappa shape index (κ1) is 16.5. The van der Waals surface area contributed by atoms with Crippen molar-refractivity contribution in [2.75, 3.05) is 11.9 Å². The fourth-order valence-electron chi connectivity index (χ4n) is 1.90. The number of amides is 3. The zero-order chi connectivity index (χ0) is 16.5. The third-order valence-corrected chi connectivity index (χ3v) is 3.14. The van der Waals surface area contributed by atoms with Crippen molar-refractivity contribution in [1.82, 2.24) is 15.6 Å². The Morgan fingerprint density at radius 2 is 1.70 bits per heavy atom. The number of carbonyl (C=O) groups is 2. The van der Waals surface area contributed by atoms with E-state index in [2.05, 4.69) is 20.9 Å². The number of hydrogen-bond donors (Lipinski definition) is 3. The van der Waals surface area contributed by atoms with Gasteiger partial charge in [-0.3, -0.25) is 9.78 Å². The second-order valence-corrected chi connectivity index (χ2v) is 5.00. The molecule has 0 saturated carbocycles. The summed E-state index contributed by atoms with van der Waals surface area (Å²) in [6.07, 6.45) is 4.25. The number of benzene rings is 1. The minimum absolute atomic E-state index is 0.111. The highest BCUT2D eigenvalue weighted by Gasteiger charge is 2.05. The van der Waals surface area contributed by atoms with Crippen molar-refractivity contribution in [1.29, 1.82) is 0 Å². The highest BCUT2D eigenvalue weighted by molar-refractivity contribution is 5.95. The molecule has 3 amide bonds. The smallest absolute Gasteiger partial charge is 0.319 e. The van der Waals surface area contributed by atoms with Gasteiger partial charge in [0.1, 0.15) is 0 Å². The van der Waals surface area contributed by atoms with Gasteiger partial charge in [0, 0.05) is 36.7 Å². The van der Waals surface area contributed by atoms with Crippen LogP contribution in [-0.4, -0.2) is 23.5 Å². The summed E-state index contributed by atoms with van der Waals surface area (Å²) in [5, 5.41) is 8.28. The van der Waals surface area contributed by atoms with E-state index >= 15 is 0 Å². The number of pyridine rings is 1. The zero-order valence-electron chi connectivity index (χ0n) is 13.0. The molecular formula is C17H20N4O2. The number of nitrogens with one attached hydrogen (secondary N) is 3. The largest absolute Gasteiger partial charge is 0.352 e. The Labute approximate surface area is 135 Å². The molecule has 1 aromatic carbocycles. The molecule has 0 aliphatic rings. The monoisotopic (exact) mass is 312 g/mol. The SMILES string of the molecule is CCCNC(=O)c1ccc(NC(=O)NCc2ccncc2)cc1. The van der Waals surface area contributed by atoms with Crippen molar-refractivity contribution in [3.63, 3.8) is 0 Å². The summed E-state index contributed by atoms with van der Waals surface area (Å²) in [6, 6.07) is 10.1. The maximum atomic E-state index is 11.8. The molecule has 120 valence electrons. The maximum absolute atomic E-state index is 11.8. The van der Waals surface area contributed by atoms with Gasteiger partial charge in [-0.2, -0.15) is 0 Å². The summed E-state index contributed by atoms with van der Waals surface area (Å²) in [5.41, 5.74) is 2.17. The van der Waals surface area contributed by atoms with Gasteiger partial charge >= 0.3 is 6.03 Å². The topological polar surface area (TPSA) is 83.1 Å². The molecule has 0 unspecified atom stereocenters. The van der Waals surface area contributed by atoms with E-state index in [1.807, 2.05) is 19.1 Å². The van der Waals surface area contributed by atoms with E-state index in [0.29, 0.717) is 24.3 Å². The first-order chi connectivity index (χ1) is 11.2. The number of urea groups is 1. The van der Waals surface area contributed by atoms with E-state index in [9.17, 15) is 9.59 Å². The van der Waals surface area contributed by atoms with Gasteiger partial charge in [0.25, 0.3) is 5.91 Å². The Bertz CT molecular complexity index is 641. The minimum Gasteiger partial charge on any atom is -0.352 e. The van der Waals surface area contributed by atoms with Crippen molar-refractivity contribution in [3.8, 4) is 0 Å². The molecule has 3 N–H and O–H groups in total.